The zero-order valence-electron chi connectivity index (χ0n) is 13.0. The molecule has 2 aliphatic heterocycles. The van der Waals surface area contributed by atoms with E-state index in [1.165, 1.54) is 0 Å². The summed E-state index contributed by atoms with van der Waals surface area (Å²) < 4.78 is 0. The van der Waals surface area contributed by atoms with Crippen LogP contribution in [0.1, 0.15) is 25.3 Å². The van der Waals surface area contributed by atoms with Gasteiger partial charge in [-0.1, -0.05) is 29.3 Å². The van der Waals surface area contributed by atoms with Gasteiger partial charge in [0, 0.05) is 25.8 Å². The molecule has 2 fully saturated rings. The van der Waals surface area contributed by atoms with Crippen molar-refractivity contribution in [3.63, 3.8) is 0 Å². The van der Waals surface area contributed by atoms with E-state index in [0.717, 1.165) is 12.0 Å². The van der Waals surface area contributed by atoms with Crippen LogP contribution in [-0.4, -0.2) is 45.3 Å². The van der Waals surface area contributed by atoms with Crippen LogP contribution in [0.25, 0.3) is 0 Å². The maximum atomic E-state index is 12.8. The molecule has 0 N–H and O–H groups in total. The number of hydrogen-bond acceptors (Lipinski definition) is 3. The number of amides is 2. The highest BCUT2D eigenvalue weighted by Gasteiger charge is 2.53. The molecule has 2 aliphatic rings. The highest BCUT2D eigenvalue weighted by Crippen LogP contribution is 2.47. The maximum absolute atomic E-state index is 12.8. The summed E-state index contributed by atoms with van der Waals surface area (Å²) in [7, 11) is 1.76. The van der Waals surface area contributed by atoms with Crippen LogP contribution in [0, 0.1) is 0 Å². The monoisotopic (exact) mass is 372 g/mol. The minimum absolute atomic E-state index is 0.0254. The van der Waals surface area contributed by atoms with Crippen molar-refractivity contribution in [3.8, 4) is 0 Å². The van der Waals surface area contributed by atoms with Crippen molar-refractivity contribution in [2.24, 2.45) is 0 Å². The molecule has 0 unspecified atom stereocenters. The summed E-state index contributed by atoms with van der Waals surface area (Å²) in [6.45, 7) is 2.49. The van der Waals surface area contributed by atoms with Crippen molar-refractivity contribution < 1.29 is 9.59 Å². The Hall–Kier alpha value is -0.910. The van der Waals surface area contributed by atoms with Gasteiger partial charge in [0.15, 0.2) is 0 Å². The van der Waals surface area contributed by atoms with E-state index in [1.807, 2.05) is 6.07 Å². The average Bonchev–Trinajstić information content (AvgIpc) is 2.99. The third kappa shape index (κ3) is 3.06. The van der Waals surface area contributed by atoms with Gasteiger partial charge in [0.2, 0.25) is 11.8 Å². The summed E-state index contributed by atoms with van der Waals surface area (Å²) in [5.74, 6) is 0.716. The number of rotatable bonds is 3. The van der Waals surface area contributed by atoms with E-state index in [2.05, 4.69) is 6.92 Å². The van der Waals surface area contributed by atoms with E-state index in [4.69, 9.17) is 23.2 Å². The molecule has 0 radical (unpaired) electrons. The van der Waals surface area contributed by atoms with Gasteiger partial charge < -0.3 is 9.80 Å². The molecule has 2 saturated heterocycles. The van der Waals surface area contributed by atoms with Gasteiger partial charge >= 0.3 is 0 Å². The quantitative estimate of drug-likeness (QED) is 0.816. The molecule has 0 bridgehead atoms. The second-order valence-electron chi connectivity index (χ2n) is 6.21. The summed E-state index contributed by atoms with van der Waals surface area (Å²) in [4.78, 5) is 28.2. The highest BCUT2D eigenvalue weighted by atomic mass is 35.5. The zero-order chi connectivity index (χ0) is 16.8. The fourth-order valence-electron chi connectivity index (χ4n) is 3.25. The van der Waals surface area contributed by atoms with Crippen LogP contribution in [0.2, 0.25) is 10.0 Å². The molecule has 2 atom stereocenters. The van der Waals surface area contributed by atoms with Gasteiger partial charge in [-0.15, -0.1) is 11.8 Å². The number of thioether (sulfide) groups is 1. The number of hydrogen-bond donors (Lipinski definition) is 0. The summed E-state index contributed by atoms with van der Waals surface area (Å²) >= 11 is 13.6. The van der Waals surface area contributed by atoms with E-state index < -0.39 is 0 Å². The molecule has 7 heteroatoms. The number of carbonyl (C=O) groups is 2. The lowest BCUT2D eigenvalue weighted by Crippen LogP contribution is -2.50. The zero-order valence-corrected chi connectivity index (χ0v) is 15.3. The predicted molar refractivity (Wildman–Crippen MR) is 93.7 cm³/mol. The van der Waals surface area contributed by atoms with Crippen molar-refractivity contribution >= 4 is 46.8 Å². The molecule has 4 nitrogen and oxygen atoms in total. The Kier molecular flexibility index (Phi) is 4.55. The van der Waals surface area contributed by atoms with Gasteiger partial charge in [-0.3, -0.25) is 9.59 Å². The first-order valence-electron chi connectivity index (χ1n) is 7.47. The first kappa shape index (κ1) is 16.9. The lowest BCUT2D eigenvalue weighted by molar-refractivity contribution is -0.143. The fraction of sp³-hybridized carbons (Fsp3) is 0.500. The average molecular weight is 373 g/mol. The van der Waals surface area contributed by atoms with Crippen LogP contribution < -0.4 is 0 Å². The van der Waals surface area contributed by atoms with Gasteiger partial charge in [0.1, 0.15) is 6.04 Å². The molecule has 3 rings (SSSR count). The fourth-order valence-corrected chi connectivity index (χ4v) is 4.99. The number of likely N-dealkylation sites (N-methyl/N-ethyl adjacent to an activating group) is 1. The summed E-state index contributed by atoms with van der Waals surface area (Å²) in [6, 6.07) is 4.98. The van der Waals surface area contributed by atoms with Crippen LogP contribution in [0.3, 0.4) is 0 Å². The topological polar surface area (TPSA) is 40.6 Å². The maximum Gasteiger partial charge on any atom is 0.246 e. The Balaban J connectivity index is 1.72. The lowest BCUT2D eigenvalue weighted by Gasteiger charge is -2.32. The van der Waals surface area contributed by atoms with Crippen LogP contribution in [0.15, 0.2) is 18.2 Å². The molecule has 124 valence electrons. The second-order valence-corrected chi connectivity index (χ2v) is 8.52. The van der Waals surface area contributed by atoms with Crippen LogP contribution in [-0.2, 0) is 16.1 Å². The number of benzene rings is 1. The molecular formula is C16H18Cl2N2O2S. The number of fused-ring (bicyclic) bond motifs is 1. The van der Waals surface area contributed by atoms with E-state index in [1.54, 1.807) is 40.7 Å². The molecule has 0 spiro atoms. The Morgan fingerprint density at radius 3 is 2.87 bits per heavy atom. The normalized spacial score (nSPS) is 26.5. The minimum atomic E-state index is -0.368. The van der Waals surface area contributed by atoms with Crippen molar-refractivity contribution in [2.75, 3.05) is 12.8 Å². The van der Waals surface area contributed by atoms with Crippen LogP contribution in [0.4, 0.5) is 0 Å². The molecule has 0 aromatic heterocycles. The largest absolute Gasteiger partial charge is 0.340 e. The number of carbonyl (C=O) groups excluding carboxylic acids is 2. The Bertz CT molecular complexity index is 669. The van der Waals surface area contributed by atoms with E-state index in [-0.39, 0.29) is 22.7 Å². The minimum Gasteiger partial charge on any atom is -0.340 e. The number of halogens is 2. The summed E-state index contributed by atoms with van der Waals surface area (Å²) in [5.41, 5.74) is 0.913. The van der Waals surface area contributed by atoms with Gasteiger partial charge in [0.25, 0.3) is 0 Å². The lowest BCUT2D eigenvalue weighted by atomic mass is 10.1. The molecule has 2 heterocycles. The van der Waals surface area contributed by atoms with E-state index >= 15 is 0 Å². The standard InChI is InChI=1S/C16H18Cl2N2O2S/c1-16-6-5-14(21)20(16)13(9-23-16)15(22)19(2)8-10-3-4-11(17)12(18)7-10/h3-4,7,13H,5-6,8-9H2,1-2H3/t13-,16+/m0/s1. The molecule has 2 amide bonds. The van der Waals surface area contributed by atoms with Crippen LogP contribution in [0.5, 0.6) is 0 Å². The summed E-state index contributed by atoms with van der Waals surface area (Å²) in [6.07, 6.45) is 1.35. The highest BCUT2D eigenvalue weighted by molar-refractivity contribution is 8.01. The Morgan fingerprint density at radius 2 is 2.17 bits per heavy atom. The summed E-state index contributed by atoms with van der Waals surface area (Å²) in [5, 5.41) is 0.971. The van der Waals surface area contributed by atoms with Crippen molar-refractivity contribution in [2.45, 2.75) is 37.2 Å². The second kappa shape index (κ2) is 6.19. The number of nitrogens with zero attached hydrogens (tertiary/aromatic N) is 2. The third-order valence-corrected chi connectivity index (χ3v) is 6.75. The molecule has 23 heavy (non-hydrogen) atoms. The smallest absolute Gasteiger partial charge is 0.246 e. The first-order valence-corrected chi connectivity index (χ1v) is 9.21. The van der Waals surface area contributed by atoms with Gasteiger partial charge in [-0.05, 0) is 31.0 Å². The van der Waals surface area contributed by atoms with Crippen molar-refractivity contribution in [1.29, 1.82) is 0 Å². The SMILES string of the molecule is CN(Cc1ccc(Cl)c(Cl)c1)C(=O)[C@@H]1CS[C@]2(C)CCC(=O)N12. The van der Waals surface area contributed by atoms with Crippen molar-refractivity contribution in [3.05, 3.63) is 33.8 Å². The van der Waals surface area contributed by atoms with Crippen LogP contribution >= 0.6 is 35.0 Å². The Labute approximate surface area is 150 Å². The predicted octanol–water partition coefficient (Wildman–Crippen LogP) is 3.41. The molecular weight excluding hydrogens is 355 g/mol. The molecule has 0 aliphatic carbocycles. The third-order valence-electron chi connectivity index (χ3n) is 4.51. The van der Waals surface area contributed by atoms with E-state index in [0.29, 0.717) is 28.8 Å². The molecule has 1 aromatic rings. The molecule has 0 saturated carbocycles. The first-order chi connectivity index (χ1) is 10.8. The van der Waals surface area contributed by atoms with Gasteiger partial charge in [-0.2, -0.15) is 0 Å². The van der Waals surface area contributed by atoms with Crippen molar-refractivity contribution in [1.82, 2.24) is 9.80 Å². The van der Waals surface area contributed by atoms with Gasteiger partial charge in [0.05, 0.1) is 14.9 Å². The van der Waals surface area contributed by atoms with E-state index in [9.17, 15) is 9.59 Å². The van der Waals surface area contributed by atoms with Gasteiger partial charge in [-0.25, -0.2) is 0 Å². The molecule has 1 aromatic carbocycles. The Morgan fingerprint density at radius 1 is 1.43 bits per heavy atom.